The van der Waals surface area contributed by atoms with E-state index in [1.54, 1.807) is 0 Å². The summed E-state index contributed by atoms with van der Waals surface area (Å²) in [6.45, 7) is 0. The zero-order chi connectivity index (χ0) is 11.7. The van der Waals surface area contributed by atoms with E-state index in [1.807, 2.05) is 12.1 Å². The van der Waals surface area contributed by atoms with Crippen LogP contribution in [0.25, 0.3) is 0 Å². The van der Waals surface area contributed by atoms with Gasteiger partial charge in [0.15, 0.2) is 5.78 Å². The number of hydrogen-bond donors (Lipinski definition) is 0. The first-order valence-electron chi connectivity index (χ1n) is 6.95. The molecule has 1 aromatic rings. The first-order valence-corrected chi connectivity index (χ1v) is 6.95. The van der Waals surface area contributed by atoms with E-state index >= 15 is 0 Å². The van der Waals surface area contributed by atoms with E-state index in [2.05, 4.69) is 12.1 Å². The van der Waals surface area contributed by atoms with E-state index in [0.717, 1.165) is 24.3 Å². The Bertz CT molecular complexity index is 415. The fourth-order valence-corrected chi connectivity index (χ4v) is 3.61. The molecule has 0 spiro atoms. The summed E-state index contributed by atoms with van der Waals surface area (Å²) in [7, 11) is 0. The van der Waals surface area contributed by atoms with Crippen molar-refractivity contribution < 1.29 is 4.79 Å². The van der Waals surface area contributed by atoms with Crippen LogP contribution in [0.2, 0.25) is 0 Å². The third-order valence-corrected chi connectivity index (χ3v) is 4.56. The zero-order valence-electron chi connectivity index (χ0n) is 10.3. The third kappa shape index (κ3) is 2.15. The van der Waals surface area contributed by atoms with E-state index in [-0.39, 0.29) is 0 Å². The van der Waals surface area contributed by atoms with Crippen LogP contribution < -0.4 is 0 Å². The molecule has 0 saturated heterocycles. The molecule has 1 heteroatoms. The highest BCUT2D eigenvalue weighted by atomic mass is 16.1. The van der Waals surface area contributed by atoms with Gasteiger partial charge >= 0.3 is 0 Å². The molecule has 2 aliphatic carbocycles. The van der Waals surface area contributed by atoms with Gasteiger partial charge < -0.3 is 0 Å². The lowest BCUT2D eigenvalue weighted by Crippen LogP contribution is -2.27. The van der Waals surface area contributed by atoms with Crippen LogP contribution in [0.5, 0.6) is 0 Å². The highest BCUT2D eigenvalue weighted by Gasteiger charge is 2.30. The molecule has 3 rings (SSSR count). The SMILES string of the molecule is O=C1CC(C2CCCCC2)Cc2ccccc21. The smallest absolute Gasteiger partial charge is 0.163 e. The Morgan fingerprint density at radius 1 is 0.882 bits per heavy atom. The topological polar surface area (TPSA) is 17.1 Å². The molecule has 1 aromatic carbocycles. The van der Waals surface area contributed by atoms with Gasteiger partial charge in [-0.3, -0.25) is 4.79 Å². The highest BCUT2D eigenvalue weighted by molar-refractivity contribution is 5.98. The van der Waals surface area contributed by atoms with E-state index in [1.165, 1.54) is 37.7 Å². The van der Waals surface area contributed by atoms with Crippen molar-refractivity contribution in [2.75, 3.05) is 0 Å². The summed E-state index contributed by atoms with van der Waals surface area (Å²) >= 11 is 0. The average Bonchev–Trinajstić information content (AvgIpc) is 2.40. The number of Topliss-reactive ketones (excluding diaryl/α,β-unsaturated/α-hetero) is 1. The van der Waals surface area contributed by atoms with Gasteiger partial charge in [-0.1, -0.05) is 56.4 Å². The van der Waals surface area contributed by atoms with Crippen molar-refractivity contribution in [2.24, 2.45) is 11.8 Å². The lowest BCUT2D eigenvalue weighted by atomic mass is 9.71. The molecule has 0 aliphatic heterocycles. The van der Waals surface area contributed by atoms with Crippen molar-refractivity contribution in [1.29, 1.82) is 0 Å². The molecule has 1 unspecified atom stereocenters. The number of carbonyl (C=O) groups is 1. The Balaban J connectivity index is 1.80. The monoisotopic (exact) mass is 228 g/mol. The maximum atomic E-state index is 12.1. The van der Waals surface area contributed by atoms with Gasteiger partial charge in [0.1, 0.15) is 0 Å². The Labute approximate surface area is 103 Å². The first kappa shape index (κ1) is 11.0. The van der Waals surface area contributed by atoms with Gasteiger partial charge in [0.05, 0.1) is 0 Å². The maximum absolute atomic E-state index is 12.1. The zero-order valence-corrected chi connectivity index (χ0v) is 10.3. The number of hydrogen-bond acceptors (Lipinski definition) is 1. The van der Waals surface area contributed by atoms with Crippen LogP contribution in [0.3, 0.4) is 0 Å². The van der Waals surface area contributed by atoms with Gasteiger partial charge in [-0.2, -0.15) is 0 Å². The van der Waals surface area contributed by atoms with Gasteiger partial charge in [-0.15, -0.1) is 0 Å². The Hall–Kier alpha value is -1.11. The molecule has 0 bridgehead atoms. The van der Waals surface area contributed by atoms with E-state index in [9.17, 15) is 4.79 Å². The number of carbonyl (C=O) groups excluding carboxylic acids is 1. The van der Waals surface area contributed by atoms with Crippen molar-refractivity contribution in [3.63, 3.8) is 0 Å². The van der Waals surface area contributed by atoms with E-state index in [4.69, 9.17) is 0 Å². The standard InChI is InChI=1S/C16H20O/c17-16-11-14(12-6-2-1-3-7-12)10-13-8-4-5-9-15(13)16/h4-5,8-9,12,14H,1-3,6-7,10-11H2. The molecule has 0 N–H and O–H groups in total. The number of benzene rings is 1. The second kappa shape index (κ2) is 4.64. The fraction of sp³-hybridized carbons (Fsp3) is 0.562. The molecule has 1 saturated carbocycles. The first-order chi connectivity index (χ1) is 8.34. The minimum absolute atomic E-state index is 0.377. The van der Waals surface area contributed by atoms with Crippen molar-refractivity contribution in [1.82, 2.24) is 0 Å². The lowest BCUT2D eigenvalue weighted by molar-refractivity contribution is 0.0912. The molecule has 1 fully saturated rings. The third-order valence-electron chi connectivity index (χ3n) is 4.56. The molecular formula is C16H20O. The van der Waals surface area contributed by atoms with Gasteiger partial charge in [-0.05, 0) is 23.8 Å². The van der Waals surface area contributed by atoms with Gasteiger partial charge in [-0.25, -0.2) is 0 Å². The fourth-order valence-electron chi connectivity index (χ4n) is 3.61. The lowest BCUT2D eigenvalue weighted by Gasteiger charge is -2.33. The molecule has 0 amide bonds. The molecule has 2 aliphatic rings. The summed E-state index contributed by atoms with van der Waals surface area (Å²) in [6, 6.07) is 8.18. The summed E-state index contributed by atoms with van der Waals surface area (Å²) in [5.74, 6) is 1.81. The van der Waals surface area contributed by atoms with Crippen LogP contribution in [-0.2, 0) is 6.42 Å². The molecule has 0 aromatic heterocycles. The number of ketones is 1. The highest BCUT2D eigenvalue weighted by Crippen LogP contribution is 2.37. The van der Waals surface area contributed by atoms with Crippen molar-refractivity contribution >= 4 is 5.78 Å². The second-order valence-corrected chi connectivity index (χ2v) is 5.65. The largest absolute Gasteiger partial charge is 0.294 e. The normalized spacial score (nSPS) is 25.6. The molecular weight excluding hydrogens is 208 g/mol. The minimum Gasteiger partial charge on any atom is -0.294 e. The molecule has 90 valence electrons. The minimum atomic E-state index is 0.377. The predicted octanol–water partition coefficient (Wildman–Crippen LogP) is 4.01. The number of rotatable bonds is 1. The van der Waals surface area contributed by atoms with Crippen LogP contribution in [-0.4, -0.2) is 5.78 Å². The maximum Gasteiger partial charge on any atom is 0.163 e. The van der Waals surface area contributed by atoms with Crippen LogP contribution in [0.15, 0.2) is 24.3 Å². The van der Waals surface area contributed by atoms with E-state index < -0.39 is 0 Å². The van der Waals surface area contributed by atoms with Gasteiger partial charge in [0, 0.05) is 12.0 Å². The summed E-state index contributed by atoms with van der Waals surface area (Å²) in [4.78, 5) is 12.1. The molecule has 0 heterocycles. The molecule has 1 nitrogen and oxygen atoms in total. The van der Waals surface area contributed by atoms with Crippen LogP contribution in [0, 0.1) is 11.8 Å². The van der Waals surface area contributed by atoms with E-state index in [0.29, 0.717) is 11.7 Å². The Morgan fingerprint density at radius 3 is 2.47 bits per heavy atom. The average molecular weight is 228 g/mol. The molecule has 0 radical (unpaired) electrons. The van der Waals surface area contributed by atoms with Gasteiger partial charge in [0.25, 0.3) is 0 Å². The van der Waals surface area contributed by atoms with Crippen molar-refractivity contribution in [3.8, 4) is 0 Å². The molecule has 1 atom stereocenters. The summed E-state index contributed by atoms with van der Waals surface area (Å²) in [6.07, 6.45) is 8.76. The quantitative estimate of drug-likeness (QED) is 0.709. The Kier molecular flexibility index (Phi) is 3.00. The Morgan fingerprint density at radius 2 is 1.65 bits per heavy atom. The second-order valence-electron chi connectivity index (χ2n) is 5.65. The van der Waals surface area contributed by atoms with Crippen LogP contribution in [0.1, 0.15) is 54.4 Å². The summed E-state index contributed by atoms with van der Waals surface area (Å²) in [5.41, 5.74) is 2.28. The predicted molar refractivity (Wildman–Crippen MR) is 69.2 cm³/mol. The van der Waals surface area contributed by atoms with Crippen LogP contribution in [0.4, 0.5) is 0 Å². The van der Waals surface area contributed by atoms with Crippen LogP contribution >= 0.6 is 0 Å². The van der Waals surface area contributed by atoms with Gasteiger partial charge in [0.2, 0.25) is 0 Å². The summed E-state index contributed by atoms with van der Waals surface area (Å²) in [5, 5.41) is 0. The molecule has 17 heavy (non-hydrogen) atoms. The van der Waals surface area contributed by atoms with Crippen molar-refractivity contribution in [3.05, 3.63) is 35.4 Å². The summed E-state index contributed by atoms with van der Waals surface area (Å²) < 4.78 is 0. The van der Waals surface area contributed by atoms with Crippen molar-refractivity contribution in [2.45, 2.75) is 44.9 Å². The number of fused-ring (bicyclic) bond motifs is 1.